The number of halogens is 2. The van der Waals surface area contributed by atoms with E-state index < -0.39 is 5.82 Å². The van der Waals surface area contributed by atoms with Crippen LogP contribution < -0.4 is 5.32 Å². The topological polar surface area (TPSA) is 38.3 Å². The highest BCUT2D eigenvalue weighted by molar-refractivity contribution is 9.10. The number of hydrogen-bond acceptors (Lipinski definition) is 2. The second-order valence-corrected chi connectivity index (χ2v) is 5.73. The molecular weight excluding hydrogens is 301 g/mol. The molecule has 18 heavy (non-hydrogen) atoms. The maximum absolute atomic E-state index is 13.6. The molecule has 3 nitrogen and oxygen atoms in total. The predicted molar refractivity (Wildman–Crippen MR) is 67.9 cm³/mol. The molecule has 1 aromatic carbocycles. The van der Waals surface area contributed by atoms with Gasteiger partial charge in [0.2, 0.25) is 0 Å². The molecule has 0 spiro atoms. The summed E-state index contributed by atoms with van der Waals surface area (Å²) in [5, 5.41) is 2.87. The van der Waals surface area contributed by atoms with Gasteiger partial charge in [0.25, 0.3) is 5.91 Å². The number of benzene rings is 1. The number of ether oxygens (including phenoxy) is 1. The van der Waals surface area contributed by atoms with E-state index in [0.717, 1.165) is 19.3 Å². The molecule has 1 aromatic rings. The number of fused-ring (bicyclic) bond motifs is 2. The standard InChI is InChI=1S/C13H13BrFNO2/c14-7-1-3-10(15)9(5-7)13(17)16-11-6-8-2-4-12(11)18-8/h1,3,5,8,11-12H,2,4,6H2,(H,16,17). The number of rotatable bonds is 2. The quantitative estimate of drug-likeness (QED) is 0.911. The van der Waals surface area contributed by atoms with Gasteiger partial charge in [0, 0.05) is 4.47 Å². The highest BCUT2D eigenvalue weighted by Gasteiger charge is 2.41. The molecule has 1 amide bonds. The fourth-order valence-electron chi connectivity index (χ4n) is 2.71. The van der Waals surface area contributed by atoms with Gasteiger partial charge >= 0.3 is 0 Å². The molecule has 2 aliphatic heterocycles. The van der Waals surface area contributed by atoms with Gasteiger partial charge in [0.1, 0.15) is 5.82 Å². The van der Waals surface area contributed by atoms with Crippen LogP contribution in [0.5, 0.6) is 0 Å². The number of hydrogen-bond donors (Lipinski definition) is 1. The second kappa shape index (κ2) is 4.63. The maximum Gasteiger partial charge on any atom is 0.254 e. The molecule has 2 fully saturated rings. The van der Waals surface area contributed by atoms with Crippen LogP contribution in [0.2, 0.25) is 0 Å². The maximum atomic E-state index is 13.6. The second-order valence-electron chi connectivity index (χ2n) is 4.81. The van der Waals surface area contributed by atoms with Crippen molar-refractivity contribution < 1.29 is 13.9 Å². The molecule has 0 aliphatic carbocycles. The number of carbonyl (C=O) groups excluding carboxylic acids is 1. The van der Waals surface area contributed by atoms with Crippen LogP contribution in [-0.2, 0) is 4.74 Å². The number of amides is 1. The SMILES string of the molecule is O=C(NC1CC2CCC1O2)c1cc(Br)ccc1F. The van der Waals surface area contributed by atoms with E-state index in [4.69, 9.17) is 4.74 Å². The number of carbonyl (C=O) groups is 1. The summed E-state index contributed by atoms with van der Waals surface area (Å²) in [5.41, 5.74) is 0.0761. The summed E-state index contributed by atoms with van der Waals surface area (Å²) in [5.74, 6) is -0.866. The van der Waals surface area contributed by atoms with Crippen molar-refractivity contribution in [3.05, 3.63) is 34.1 Å². The fraction of sp³-hybridized carbons (Fsp3) is 0.462. The van der Waals surface area contributed by atoms with Crippen LogP contribution in [0, 0.1) is 5.82 Å². The molecular formula is C13H13BrFNO2. The van der Waals surface area contributed by atoms with Crippen LogP contribution in [0.1, 0.15) is 29.6 Å². The summed E-state index contributed by atoms with van der Waals surface area (Å²) < 4.78 is 19.9. The third-order valence-electron chi connectivity index (χ3n) is 3.60. The van der Waals surface area contributed by atoms with Gasteiger partial charge < -0.3 is 10.1 Å². The lowest BCUT2D eigenvalue weighted by Crippen LogP contribution is -2.41. The van der Waals surface area contributed by atoms with Gasteiger partial charge in [-0.3, -0.25) is 4.79 Å². The Morgan fingerprint density at radius 3 is 2.94 bits per heavy atom. The van der Waals surface area contributed by atoms with Gasteiger partial charge in [-0.1, -0.05) is 15.9 Å². The first-order chi connectivity index (χ1) is 8.63. The average Bonchev–Trinajstić information content (AvgIpc) is 2.94. The van der Waals surface area contributed by atoms with Crippen molar-refractivity contribution in [1.29, 1.82) is 0 Å². The Morgan fingerprint density at radius 2 is 2.28 bits per heavy atom. The zero-order valence-electron chi connectivity index (χ0n) is 9.66. The zero-order chi connectivity index (χ0) is 12.7. The van der Waals surface area contributed by atoms with E-state index in [1.165, 1.54) is 12.1 Å². The van der Waals surface area contributed by atoms with Crippen molar-refractivity contribution in [3.63, 3.8) is 0 Å². The third-order valence-corrected chi connectivity index (χ3v) is 4.09. The minimum atomic E-state index is -0.500. The highest BCUT2D eigenvalue weighted by Crippen LogP contribution is 2.34. The van der Waals surface area contributed by atoms with Gasteiger partial charge in [-0.25, -0.2) is 4.39 Å². The van der Waals surface area contributed by atoms with Crippen molar-refractivity contribution in [2.75, 3.05) is 0 Å². The molecule has 0 saturated carbocycles. The molecule has 0 aromatic heterocycles. The monoisotopic (exact) mass is 313 g/mol. The van der Waals surface area contributed by atoms with Crippen molar-refractivity contribution in [1.82, 2.24) is 5.32 Å². The summed E-state index contributed by atoms with van der Waals surface area (Å²) in [7, 11) is 0. The van der Waals surface area contributed by atoms with E-state index in [-0.39, 0.29) is 29.7 Å². The van der Waals surface area contributed by atoms with Crippen LogP contribution in [0.25, 0.3) is 0 Å². The van der Waals surface area contributed by atoms with E-state index in [1.54, 1.807) is 6.07 Å². The first-order valence-electron chi connectivity index (χ1n) is 6.05. The predicted octanol–water partition coefficient (Wildman–Crippen LogP) is 2.64. The zero-order valence-corrected chi connectivity index (χ0v) is 11.2. The Bertz CT molecular complexity index is 494. The molecule has 3 atom stereocenters. The molecule has 1 N–H and O–H groups in total. The van der Waals surface area contributed by atoms with Gasteiger partial charge in [-0.2, -0.15) is 0 Å². The molecule has 2 saturated heterocycles. The van der Waals surface area contributed by atoms with E-state index in [1.807, 2.05) is 0 Å². The van der Waals surface area contributed by atoms with E-state index in [2.05, 4.69) is 21.2 Å². The van der Waals surface area contributed by atoms with Gasteiger partial charge in [0.15, 0.2) is 0 Å². The lowest BCUT2D eigenvalue weighted by molar-refractivity contribution is 0.0838. The van der Waals surface area contributed by atoms with Crippen LogP contribution in [-0.4, -0.2) is 24.2 Å². The summed E-state index contributed by atoms with van der Waals surface area (Å²) in [4.78, 5) is 12.0. The van der Waals surface area contributed by atoms with Gasteiger partial charge in [0.05, 0.1) is 23.8 Å². The molecule has 2 heterocycles. The average molecular weight is 314 g/mol. The van der Waals surface area contributed by atoms with E-state index >= 15 is 0 Å². The largest absolute Gasteiger partial charge is 0.373 e. The molecule has 3 unspecified atom stereocenters. The van der Waals surface area contributed by atoms with Gasteiger partial charge in [-0.05, 0) is 37.5 Å². The van der Waals surface area contributed by atoms with E-state index in [0.29, 0.717) is 4.47 Å². The normalized spacial score (nSPS) is 29.6. The van der Waals surface area contributed by atoms with Crippen LogP contribution in [0.15, 0.2) is 22.7 Å². The van der Waals surface area contributed by atoms with Gasteiger partial charge in [-0.15, -0.1) is 0 Å². The minimum absolute atomic E-state index is 0.0228. The Kier molecular flexibility index (Phi) is 3.11. The Balaban J connectivity index is 1.73. The van der Waals surface area contributed by atoms with Crippen LogP contribution >= 0.6 is 15.9 Å². The first-order valence-corrected chi connectivity index (χ1v) is 6.84. The lowest BCUT2D eigenvalue weighted by atomic mass is 9.95. The summed E-state index contributed by atoms with van der Waals surface area (Å²) in [6.45, 7) is 0. The minimum Gasteiger partial charge on any atom is -0.373 e. The fourth-order valence-corrected chi connectivity index (χ4v) is 3.07. The van der Waals surface area contributed by atoms with E-state index in [9.17, 15) is 9.18 Å². The molecule has 0 radical (unpaired) electrons. The summed E-state index contributed by atoms with van der Waals surface area (Å²) in [6, 6.07) is 4.39. The van der Waals surface area contributed by atoms with Crippen LogP contribution in [0.3, 0.4) is 0 Å². The Morgan fingerprint density at radius 1 is 1.44 bits per heavy atom. The summed E-state index contributed by atoms with van der Waals surface area (Å²) in [6.07, 6.45) is 3.27. The molecule has 2 bridgehead atoms. The smallest absolute Gasteiger partial charge is 0.254 e. The molecule has 96 valence electrons. The van der Waals surface area contributed by atoms with Crippen molar-refractivity contribution in [3.8, 4) is 0 Å². The Hall–Kier alpha value is -0.940. The summed E-state index contributed by atoms with van der Waals surface area (Å²) >= 11 is 3.24. The number of nitrogens with one attached hydrogen (secondary N) is 1. The van der Waals surface area contributed by atoms with Crippen molar-refractivity contribution in [2.45, 2.75) is 37.5 Å². The van der Waals surface area contributed by atoms with Crippen molar-refractivity contribution >= 4 is 21.8 Å². The Labute approximate surface area is 113 Å². The molecule has 5 heteroatoms. The molecule has 2 aliphatic rings. The molecule has 3 rings (SSSR count). The van der Waals surface area contributed by atoms with Crippen molar-refractivity contribution in [2.24, 2.45) is 0 Å². The highest BCUT2D eigenvalue weighted by atomic mass is 79.9. The van der Waals surface area contributed by atoms with Crippen LogP contribution in [0.4, 0.5) is 4.39 Å². The first kappa shape index (κ1) is 12.1. The lowest BCUT2D eigenvalue weighted by Gasteiger charge is -2.20. The third kappa shape index (κ3) is 2.17.